The summed E-state index contributed by atoms with van der Waals surface area (Å²) >= 11 is 0. The Morgan fingerprint density at radius 3 is 2.88 bits per heavy atom. The molecule has 1 N–H and O–H groups in total. The summed E-state index contributed by atoms with van der Waals surface area (Å²) < 4.78 is 2.06. The first-order chi connectivity index (χ1) is 11.6. The Bertz CT molecular complexity index is 955. The second-order valence-corrected chi connectivity index (χ2v) is 5.33. The number of nitro groups is 1. The lowest BCUT2D eigenvalue weighted by Crippen LogP contribution is -2.12. The van der Waals surface area contributed by atoms with Crippen LogP contribution in [0.4, 0.5) is 11.4 Å². The fourth-order valence-corrected chi connectivity index (χ4v) is 2.69. The molecule has 0 fully saturated rings. The van der Waals surface area contributed by atoms with Gasteiger partial charge in [-0.3, -0.25) is 10.1 Å². The molecule has 3 aromatic rings. The van der Waals surface area contributed by atoms with Crippen molar-refractivity contribution in [2.45, 2.75) is 13.5 Å². The molecule has 0 atom stereocenters. The summed E-state index contributed by atoms with van der Waals surface area (Å²) in [6, 6.07) is 14.1. The molecule has 120 valence electrons. The third-order valence-corrected chi connectivity index (χ3v) is 3.82. The normalized spacial score (nSPS) is 10.5. The van der Waals surface area contributed by atoms with Gasteiger partial charge in [0.2, 0.25) is 0 Å². The minimum atomic E-state index is -0.457. The van der Waals surface area contributed by atoms with Crippen molar-refractivity contribution in [3.8, 4) is 6.07 Å². The molecule has 0 radical (unpaired) electrons. The summed E-state index contributed by atoms with van der Waals surface area (Å²) in [6.07, 6.45) is 0. The molecular formula is C17H15N5O2. The van der Waals surface area contributed by atoms with Crippen LogP contribution in [0.25, 0.3) is 11.0 Å². The smallest absolute Gasteiger partial charge is 0.292 e. The number of anilines is 1. The van der Waals surface area contributed by atoms with Crippen LogP contribution in [0.15, 0.2) is 42.5 Å². The molecule has 7 heteroatoms. The van der Waals surface area contributed by atoms with Crippen LogP contribution in [-0.2, 0) is 6.54 Å². The summed E-state index contributed by atoms with van der Waals surface area (Å²) in [4.78, 5) is 15.1. The summed E-state index contributed by atoms with van der Waals surface area (Å²) in [5, 5.41) is 23.1. The van der Waals surface area contributed by atoms with Crippen LogP contribution >= 0.6 is 0 Å². The lowest BCUT2D eigenvalue weighted by atomic mass is 10.2. The number of aryl methyl sites for hydroxylation is 1. The zero-order valence-corrected chi connectivity index (χ0v) is 13.1. The summed E-state index contributed by atoms with van der Waals surface area (Å²) in [5.41, 5.74) is 2.64. The van der Waals surface area contributed by atoms with Crippen molar-refractivity contribution in [2.75, 3.05) is 11.9 Å². The van der Waals surface area contributed by atoms with E-state index in [9.17, 15) is 10.1 Å². The first-order valence-corrected chi connectivity index (χ1v) is 7.44. The van der Waals surface area contributed by atoms with Gasteiger partial charge in [0.05, 0.1) is 27.6 Å². The lowest BCUT2D eigenvalue weighted by molar-refractivity contribution is -0.384. The summed E-state index contributed by atoms with van der Waals surface area (Å²) in [6.45, 7) is 3.02. The largest absolute Gasteiger partial charge is 0.378 e. The van der Waals surface area contributed by atoms with Crippen molar-refractivity contribution in [1.29, 1.82) is 5.26 Å². The summed E-state index contributed by atoms with van der Waals surface area (Å²) in [5.74, 6) is 0.887. The molecule has 3 rings (SSSR count). The molecule has 0 amide bonds. The van der Waals surface area contributed by atoms with Crippen molar-refractivity contribution >= 4 is 22.4 Å². The topological polar surface area (TPSA) is 96.8 Å². The monoisotopic (exact) mass is 321 g/mol. The minimum Gasteiger partial charge on any atom is -0.378 e. The molecule has 1 heterocycles. The van der Waals surface area contributed by atoms with E-state index >= 15 is 0 Å². The Morgan fingerprint density at radius 1 is 1.33 bits per heavy atom. The standard InChI is InChI=1S/C17H15N5O2/c1-12-20-14-4-2-3-5-16(14)21(12)9-8-19-15-10-13(11-18)6-7-17(15)22(23)24/h2-7,10,19H,8-9H2,1H3. The zero-order chi connectivity index (χ0) is 17.1. The molecule has 24 heavy (non-hydrogen) atoms. The number of nitrogens with zero attached hydrogens (tertiary/aromatic N) is 4. The first-order valence-electron chi connectivity index (χ1n) is 7.44. The molecule has 0 aliphatic heterocycles. The average molecular weight is 321 g/mol. The van der Waals surface area contributed by atoms with E-state index in [1.807, 2.05) is 37.3 Å². The van der Waals surface area contributed by atoms with Gasteiger partial charge in [0, 0.05) is 19.2 Å². The number of nitrogens with one attached hydrogen (secondary N) is 1. The maximum atomic E-state index is 11.1. The van der Waals surface area contributed by atoms with Crippen LogP contribution in [0, 0.1) is 28.4 Å². The SMILES string of the molecule is Cc1nc2ccccc2n1CCNc1cc(C#N)ccc1[N+](=O)[O-]. The number of aromatic nitrogens is 2. The third kappa shape index (κ3) is 2.90. The molecule has 0 bridgehead atoms. The van der Waals surface area contributed by atoms with Crippen LogP contribution in [0.5, 0.6) is 0 Å². The average Bonchev–Trinajstić information content (AvgIpc) is 2.90. The maximum absolute atomic E-state index is 11.1. The Balaban J connectivity index is 1.80. The van der Waals surface area contributed by atoms with Crippen LogP contribution in [0.2, 0.25) is 0 Å². The highest BCUT2D eigenvalue weighted by atomic mass is 16.6. The van der Waals surface area contributed by atoms with Crippen LogP contribution in [0.1, 0.15) is 11.4 Å². The molecule has 0 aliphatic rings. The van der Waals surface area contributed by atoms with E-state index in [2.05, 4.69) is 14.9 Å². The van der Waals surface area contributed by atoms with E-state index in [0.29, 0.717) is 24.3 Å². The van der Waals surface area contributed by atoms with Crippen molar-refractivity contribution in [1.82, 2.24) is 9.55 Å². The van der Waals surface area contributed by atoms with Gasteiger partial charge < -0.3 is 9.88 Å². The molecular weight excluding hydrogens is 306 g/mol. The number of nitro benzene ring substituents is 1. The maximum Gasteiger partial charge on any atom is 0.292 e. The predicted molar refractivity (Wildman–Crippen MR) is 90.8 cm³/mol. The van der Waals surface area contributed by atoms with E-state index in [0.717, 1.165) is 16.9 Å². The van der Waals surface area contributed by atoms with E-state index in [1.165, 1.54) is 18.2 Å². The van der Waals surface area contributed by atoms with Crippen molar-refractivity contribution < 1.29 is 4.92 Å². The van der Waals surface area contributed by atoms with Crippen molar-refractivity contribution in [3.63, 3.8) is 0 Å². The van der Waals surface area contributed by atoms with Gasteiger partial charge in [-0.05, 0) is 31.2 Å². The van der Waals surface area contributed by atoms with Gasteiger partial charge in [0.1, 0.15) is 11.5 Å². The zero-order valence-electron chi connectivity index (χ0n) is 13.1. The summed E-state index contributed by atoms with van der Waals surface area (Å²) in [7, 11) is 0. The van der Waals surface area contributed by atoms with Crippen LogP contribution < -0.4 is 5.32 Å². The predicted octanol–water partition coefficient (Wildman–Crippen LogP) is 3.24. The fourth-order valence-electron chi connectivity index (χ4n) is 2.69. The highest BCUT2D eigenvalue weighted by Crippen LogP contribution is 2.25. The molecule has 0 spiro atoms. The quantitative estimate of drug-likeness (QED) is 0.575. The van der Waals surface area contributed by atoms with Gasteiger partial charge in [0.15, 0.2) is 0 Å². The molecule has 2 aromatic carbocycles. The molecule has 0 aliphatic carbocycles. The lowest BCUT2D eigenvalue weighted by Gasteiger charge is -2.10. The van der Waals surface area contributed by atoms with E-state index in [-0.39, 0.29) is 5.69 Å². The highest BCUT2D eigenvalue weighted by Gasteiger charge is 2.14. The van der Waals surface area contributed by atoms with Crippen molar-refractivity contribution in [3.05, 3.63) is 64.0 Å². The number of imidazole rings is 1. The highest BCUT2D eigenvalue weighted by molar-refractivity contribution is 5.75. The number of para-hydroxylation sites is 2. The minimum absolute atomic E-state index is 0.0405. The Hall–Kier alpha value is -3.40. The van der Waals surface area contributed by atoms with Crippen molar-refractivity contribution in [2.24, 2.45) is 0 Å². The third-order valence-electron chi connectivity index (χ3n) is 3.82. The second kappa shape index (κ2) is 6.38. The van der Waals surface area contributed by atoms with Gasteiger partial charge in [0.25, 0.3) is 5.69 Å². The van der Waals surface area contributed by atoms with Crippen LogP contribution in [-0.4, -0.2) is 21.0 Å². The van der Waals surface area contributed by atoms with Gasteiger partial charge in [-0.25, -0.2) is 4.98 Å². The number of fused-ring (bicyclic) bond motifs is 1. The number of benzene rings is 2. The Kier molecular flexibility index (Phi) is 4.12. The number of nitriles is 1. The molecule has 0 saturated carbocycles. The molecule has 0 unspecified atom stereocenters. The number of hydrogen-bond acceptors (Lipinski definition) is 5. The fraction of sp³-hybridized carbons (Fsp3) is 0.176. The molecule has 0 saturated heterocycles. The Labute approximate surface area is 138 Å². The number of rotatable bonds is 5. The van der Waals surface area contributed by atoms with E-state index in [4.69, 9.17) is 5.26 Å². The van der Waals surface area contributed by atoms with E-state index < -0.39 is 4.92 Å². The number of hydrogen-bond donors (Lipinski definition) is 1. The van der Waals surface area contributed by atoms with Crippen LogP contribution in [0.3, 0.4) is 0 Å². The second-order valence-electron chi connectivity index (χ2n) is 5.33. The van der Waals surface area contributed by atoms with E-state index in [1.54, 1.807) is 0 Å². The molecule has 1 aromatic heterocycles. The Morgan fingerprint density at radius 2 is 2.12 bits per heavy atom. The van der Waals surface area contributed by atoms with Gasteiger partial charge in [-0.2, -0.15) is 5.26 Å². The van der Waals surface area contributed by atoms with Gasteiger partial charge in [-0.15, -0.1) is 0 Å². The van der Waals surface area contributed by atoms with Gasteiger partial charge in [-0.1, -0.05) is 12.1 Å². The van der Waals surface area contributed by atoms with Gasteiger partial charge >= 0.3 is 0 Å². The molecule has 7 nitrogen and oxygen atoms in total. The first kappa shape index (κ1) is 15.5.